The SMILES string of the molecule is CCC(N)(CC)c1noc(CC2CC3CCC2C3)n1. The van der Waals surface area contributed by atoms with Gasteiger partial charge in [0.25, 0.3) is 0 Å². The van der Waals surface area contributed by atoms with Gasteiger partial charge >= 0.3 is 0 Å². The topological polar surface area (TPSA) is 64.9 Å². The highest BCUT2D eigenvalue weighted by Crippen LogP contribution is 2.49. The van der Waals surface area contributed by atoms with Crippen molar-refractivity contribution in [3.63, 3.8) is 0 Å². The Kier molecular flexibility index (Phi) is 3.37. The van der Waals surface area contributed by atoms with Crippen LogP contribution < -0.4 is 5.73 Å². The van der Waals surface area contributed by atoms with Gasteiger partial charge in [-0.25, -0.2) is 0 Å². The molecule has 1 heterocycles. The molecule has 2 aliphatic rings. The number of nitrogens with zero attached hydrogens (tertiary/aromatic N) is 2. The molecule has 0 amide bonds. The summed E-state index contributed by atoms with van der Waals surface area (Å²) in [6.45, 7) is 4.16. The molecule has 19 heavy (non-hydrogen) atoms. The van der Waals surface area contributed by atoms with E-state index in [-0.39, 0.29) is 0 Å². The van der Waals surface area contributed by atoms with Gasteiger partial charge in [-0.05, 0) is 49.9 Å². The molecule has 3 rings (SSSR count). The minimum Gasteiger partial charge on any atom is -0.339 e. The summed E-state index contributed by atoms with van der Waals surface area (Å²) < 4.78 is 5.44. The Morgan fingerprint density at radius 3 is 2.63 bits per heavy atom. The van der Waals surface area contributed by atoms with Crippen molar-refractivity contribution in [2.75, 3.05) is 0 Å². The van der Waals surface area contributed by atoms with Gasteiger partial charge in [-0.1, -0.05) is 25.4 Å². The zero-order valence-electron chi connectivity index (χ0n) is 12.1. The van der Waals surface area contributed by atoms with E-state index in [2.05, 4.69) is 24.0 Å². The van der Waals surface area contributed by atoms with Gasteiger partial charge in [0.15, 0.2) is 5.82 Å². The van der Waals surface area contributed by atoms with Crippen LogP contribution in [0.1, 0.15) is 64.1 Å². The molecule has 106 valence electrons. The summed E-state index contributed by atoms with van der Waals surface area (Å²) in [5.41, 5.74) is 5.89. The molecule has 2 saturated carbocycles. The molecular formula is C15H25N3O. The first-order valence-electron chi connectivity index (χ1n) is 7.76. The predicted octanol–water partition coefficient (Wildman–Crippen LogP) is 3.02. The van der Waals surface area contributed by atoms with E-state index in [1.165, 1.54) is 25.7 Å². The van der Waals surface area contributed by atoms with Crippen molar-refractivity contribution in [1.82, 2.24) is 10.1 Å². The lowest BCUT2D eigenvalue weighted by molar-refractivity contribution is 0.284. The molecule has 2 fully saturated rings. The molecule has 1 aromatic heterocycles. The number of fused-ring (bicyclic) bond motifs is 2. The molecule has 2 N–H and O–H groups in total. The quantitative estimate of drug-likeness (QED) is 0.886. The Balaban J connectivity index is 1.68. The van der Waals surface area contributed by atoms with Gasteiger partial charge in [-0.15, -0.1) is 0 Å². The lowest BCUT2D eigenvalue weighted by Gasteiger charge is -2.21. The first-order chi connectivity index (χ1) is 9.14. The van der Waals surface area contributed by atoms with Gasteiger partial charge in [0.2, 0.25) is 5.89 Å². The summed E-state index contributed by atoms with van der Waals surface area (Å²) in [7, 11) is 0. The first-order valence-corrected chi connectivity index (χ1v) is 7.76. The molecule has 0 aromatic carbocycles. The van der Waals surface area contributed by atoms with Crippen LogP contribution in [0, 0.1) is 17.8 Å². The zero-order valence-corrected chi connectivity index (χ0v) is 12.1. The van der Waals surface area contributed by atoms with E-state index in [4.69, 9.17) is 10.3 Å². The van der Waals surface area contributed by atoms with E-state index in [0.29, 0.717) is 5.82 Å². The highest BCUT2D eigenvalue weighted by atomic mass is 16.5. The number of nitrogens with two attached hydrogens (primary N) is 1. The van der Waals surface area contributed by atoms with Gasteiger partial charge in [-0.3, -0.25) is 0 Å². The molecule has 3 unspecified atom stereocenters. The number of hydrogen-bond acceptors (Lipinski definition) is 4. The third-order valence-electron chi connectivity index (χ3n) is 5.50. The van der Waals surface area contributed by atoms with Crippen molar-refractivity contribution in [1.29, 1.82) is 0 Å². The van der Waals surface area contributed by atoms with Gasteiger partial charge in [0, 0.05) is 6.42 Å². The maximum absolute atomic E-state index is 6.31. The minimum absolute atomic E-state index is 0.420. The largest absolute Gasteiger partial charge is 0.339 e. The standard InChI is InChI=1S/C15H25N3O/c1-3-15(16,4-2)14-17-13(19-18-14)9-12-8-10-5-6-11(12)7-10/h10-12H,3-9,16H2,1-2H3. The van der Waals surface area contributed by atoms with Crippen molar-refractivity contribution < 1.29 is 4.52 Å². The summed E-state index contributed by atoms with van der Waals surface area (Å²) in [5, 5.41) is 4.12. The summed E-state index contributed by atoms with van der Waals surface area (Å²) in [4.78, 5) is 4.57. The van der Waals surface area contributed by atoms with Crippen LogP contribution in [-0.4, -0.2) is 10.1 Å². The molecule has 4 heteroatoms. The predicted molar refractivity (Wildman–Crippen MR) is 73.4 cm³/mol. The van der Waals surface area contributed by atoms with Crippen LogP contribution in [0.5, 0.6) is 0 Å². The van der Waals surface area contributed by atoms with Gasteiger partial charge in [-0.2, -0.15) is 4.98 Å². The second-order valence-corrected chi connectivity index (χ2v) is 6.51. The second-order valence-electron chi connectivity index (χ2n) is 6.51. The normalized spacial score (nSPS) is 30.2. The smallest absolute Gasteiger partial charge is 0.227 e. The maximum Gasteiger partial charge on any atom is 0.227 e. The third-order valence-corrected chi connectivity index (χ3v) is 5.50. The molecule has 0 spiro atoms. The van der Waals surface area contributed by atoms with Gasteiger partial charge in [0.1, 0.15) is 0 Å². The summed E-state index contributed by atoms with van der Waals surface area (Å²) in [5.74, 6) is 4.13. The van der Waals surface area contributed by atoms with Crippen LogP contribution in [0.25, 0.3) is 0 Å². The van der Waals surface area contributed by atoms with Crippen LogP contribution in [0.15, 0.2) is 4.52 Å². The lowest BCUT2D eigenvalue weighted by Crippen LogP contribution is -2.36. The van der Waals surface area contributed by atoms with Crippen LogP contribution in [-0.2, 0) is 12.0 Å². The van der Waals surface area contributed by atoms with Crippen LogP contribution in [0.4, 0.5) is 0 Å². The van der Waals surface area contributed by atoms with Crippen molar-refractivity contribution in [3.05, 3.63) is 11.7 Å². The van der Waals surface area contributed by atoms with Gasteiger partial charge < -0.3 is 10.3 Å². The zero-order chi connectivity index (χ0) is 13.5. The van der Waals surface area contributed by atoms with E-state index < -0.39 is 5.54 Å². The molecular weight excluding hydrogens is 238 g/mol. The molecule has 4 nitrogen and oxygen atoms in total. The second kappa shape index (κ2) is 4.89. The molecule has 0 saturated heterocycles. The van der Waals surface area contributed by atoms with Crippen molar-refractivity contribution >= 4 is 0 Å². The number of aromatic nitrogens is 2. The highest BCUT2D eigenvalue weighted by Gasteiger charge is 2.40. The molecule has 1 aromatic rings. The van der Waals surface area contributed by atoms with E-state index >= 15 is 0 Å². The van der Waals surface area contributed by atoms with E-state index in [1.807, 2.05) is 0 Å². The summed E-state index contributed by atoms with van der Waals surface area (Å²) >= 11 is 0. The fourth-order valence-electron chi connectivity index (χ4n) is 3.96. The molecule has 2 bridgehead atoms. The fraction of sp³-hybridized carbons (Fsp3) is 0.867. The first kappa shape index (κ1) is 13.1. The number of hydrogen-bond donors (Lipinski definition) is 1. The highest BCUT2D eigenvalue weighted by molar-refractivity contribution is 5.04. The average molecular weight is 263 g/mol. The minimum atomic E-state index is -0.420. The van der Waals surface area contributed by atoms with Crippen molar-refractivity contribution in [3.8, 4) is 0 Å². The van der Waals surface area contributed by atoms with Crippen LogP contribution >= 0.6 is 0 Å². The Labute approximate surface area is 115 Å². The average Bonchev–Trinajstić information content (AvgIpc) is 3.14. The Morgan fingerprint density at radius 2 is 2.05 bits per heavy atom. The fourth-order valence-corrected chi connectivity index (χ4v) is 3.96. The third kappa shape index (κ3) is 2.31. The van der Waals surface area contributed by atoms with Crippen LogP contribution in [0.3, 0.4) is 0 Å². The molecule has 3 atom stereocenters. The van der Waals surface area contributed by atoms with E-state index in [0.717, 1.165) is 42.9 Å². The van der Waals surface area contributed by atoms with E-state index in [9.17, 15) is 0 Å². The lowest BCUT2D eigenvalue weighted by atomic mass is 9.86. The summed E-state index contributed by atoms with van der Waals surface area (Å²) in [6, 6.07) is 0. The van der Waals surface area contributed by atoms with Gasteiger partial charge in [0.05, 0.1) is 5.54 Å². The van der Waals surface area contributed by atoms with Crippen molar-refractivity contribution in [2.24, 2.45) is 23.5 Å². The monoisotopic (exact) mass is 263 g/mol. The Morgan fingerprint density at radius 1 is 1.26 bits per heavy atom. The maximum atomic E-state index is 6.31. The Hall–Kier alpha value is -0.900. The molecule has 2 aliphatic carbocycles. The molecule has 0 aliphatic heterocycles. The van der Waals surface area contributed by atoms with E-state index in [1.54, 1.807) is 0 Å². The number of rotatable bonds is 5. The summed E-state index contributed by atoms with van der Waals surface area (Å²) in [6.07, 6.45) is 8.27. The van der Waals surface area contributed by atoms with Crippen LogP contribution in [0.2, 0.25) is 0 Å². The Bertz CT molecular complexity index is 438. The van der Waals surface area contributed by atoms with Crippen molar-refractivity contribution in [2.45, 2.75) is 64.3 Å². The molecule has 0 radical (unpaired) electrons.